The van der Waals surface area contributed by atoms with Gasteiger partial charge in [-0.3, -0.25) is 4.79 Å². The summed E-state index contributed by atoms with van der Waals surface area (Å²) in [5.74, 6) is -0.696. The molecular formula is C16H11Cl2FO. The molecule has 0 aliphatic rings. The van der Waals surface area contributed by atoms with E-state index in [4.69, 9.17) is 23.2 Å². The molecule has 20 heavy (non-hydrogen) atoms. The summed E-state index contributed by atoms with van der Waals surface area (Å²) < 4.78 is 13.6. The Morgan fingerprint density at radius 3 is 2.55 bits per heavy atom. The van der Waals surface area contributed by atoms with E-state index < -0.39 is 5.82 Å². The van der Waals surface area contributed by atoms with Crippen molar-refractivity contribution in [2.24, 2.45) is 0 Å². The number of benzene rings is 2. The average Bonchev–Trinajstić information content (AvgIpc) is 2.41. The van der Waals surface area contributed by atoms with Crippen molar-refractivity contribution in [3.8, 4) is 0 Å². The molecule has 0 saturated heterocycles. The van der Waals surface area contributed by atoms with Gasteiger partial charge in [-0.05, 0) is 55.0 Å². The molecule has 4 heteroatoms. The van der Waals surface area contributed by atoms with E-state index in [1.807, 2.05) is 6.92 Å². The van der Waals surface area contributed by atoms with Crippen molar-refractivity contribution in [2.45, 2.75) is 6.92 Å². The fourth-order valence-corrected chi connectivity index (χ4v) is 2.07. The summed E-state index contributed by atoms with van der Waals surface area (Å²) in [4.78, 5) is 12.0. The number of carbonyl (C=O) groups excluding carboxylic acids is 1. The summed E-state index contributed by atoms with van der Waals surface area (Å²) in [5, 5.41) is 0.865. The maximum absolute atomic E-state index is 13.6. The van der Waals surface area contributed by atoms with Gasteiger partial charge < -0.3 is 0 Å². The third-order valence-electron chi connectivity index (χ3n) is 2.84. The normalized spacial score (nSPS) is 11.0. The molecule has 0 aliphatic carbocycles. The van der Waals surface area contributed by atoms with Crippen LogP contribution in [0.5, 0.6) is 0 Å². The Balaban J connectivity index is 2.27. The molecule has 0 bridgehead atoms. The number of halogens is 3. The zero-order valence-corrected chi connectivity index (χ0v) is 12.2. The van der Waals surface area contributed by atoms with Gasteiger partial charge in [0.15, 0.2) is 5.78 Å². The minimum absolute atomic E-state index is 0.202. The van der Waals surface area contributed by atoms with Crippen LogP contribution in [0.4, 0.5) is 4.39 Å². The predicted molar refractivity (Wildman–Crippen MR) is 81.0 cm³/mol. The SMILES string of the molecule is Cc1cc(C(=O)/C=C/c2c(F)cccc2Cl)ccc1Cl. The number of ketones is 1. The fraction of sp³-hybridized carbons (Fsp3) is 0.0625. The first-order valence-electron chi connectivity index (χ1n) is 5.91. The highest BCUT2D eigenvalue weighted by atomic mass is 35.5. The molecule has 0 heterocycles. The largest absolute Gasteiger partial charge is 0.289 e. The first-order valence-corrected chi connectivity index (χ1v) is 6.67. The second-order valence-corrected chi connectivity index (χ2v) is 5.11. The molecule has 0 radical (unpaired) electrons. The van der Waals surface area contributed by atoms with Gasteiger partial charge in [-0.25, -0.2) is 4.39 Å². The molecular weight excluding hydrogens is 298 g/mol. The summed E-state index contributed by atoms with van der Waals surface area (Å²) in [5.41, 5.74) is 1.51. The maximum atomic E-state index is 13.6. The van der Waals surface area contributed by atoms with E-state index in [0.717, 1.165) is 5.56 Å². The molecule has 0 N–H and O–H groups in total. The van der Waals surface area contributed by atoms with Gasteiger partial charge in [0.05, 0.1) is 5.02 Å². The zero-order valence-electron chi connectivity index (χ0n) is 10.7. The van der Waals surface area contributed by atoms with E-state index in [0.29, 0.717) is 10.6 Å². The van der Waals surface area contributed by atoms with Crippen molar-refractivity contribution < 1.29 is 9.18 Å². The molecule has 0 aliphatic heterocycles. The summed E-state index contributed by atoms with van der Waals surface area (Å²) in [6, 6.07) is 9.36. The zero-order chi connectivity index (χ0) is 14.7. The molecule has 0 amide bonds. The highest BCUT2D eigenvalue weighted by molar-refractivity contribution is 6.32. The Morgan fingerprint density at radius 2 is 1.90 bits per heavy atom. The fourth-order valence-electron chi connectivity index (χ4n) is 1.72. The second kappa shape index (κ2) is 6.21. The van der Waals surface area contributed by atoms with Crippen LogP contribution in [0.15, 0.2) is 42.5 Å². The van der Waals surface area contributed by atoms with Crippen molar-refractivity contribution in [1.82, 2.24) is 0 Å². The highest BCUT2D eigenvalue weighted by Crippen LogP contribution is 2.21. The van der Waals surface area contributed by atoms with Gasteiger partial charge in [-0.1, -0.05) is 29.3 Å². The topological polar surface area (TPSA) is 17.1 Å². The molecule has 1 nitrogen and oxygen atoms in total. The van der Waals surface area contributed by atoms with Gasteiger partial charge in [0.25, 0.3) is 0 Å². The lowest BCUT2D eigenvalue weighted by molar-refractivity contribution is 0.104. The first kappa shape index (κ1) is 14.8. The minimum Gasteiger partial charge on any atom is -0.289 e. The number of aryl methyl sites for hydroxylation is 1. The Hall–Kier alpha value is -1.64. The van der Waals surface area contributed by atoms with E-state index in [1.54, 1.807) is 24.3 Å². The molecule has 0 fully saturated rings. The monoisotopic (exact) mass is 308 g/mol. The molecule has 2 aromatic carbocycles. The van der Waals surface area contributed by atoms with Gasteiger partial charge >= 0.3 is 0 Å². The van der Waals surface area contributed by atoms with Gasteiger partial charge in [0.1, 0.15) is 5.82 Å². The average molecular weight is 309 g/mol. The van der Waals surface area contributed by atoms with E-state index in [-0.39, 0.29) is 16.4 Å². The molecule has 102 valence electrons. The summed E-state index contributed by atoms with van der Waals surface area (Å²) in [6.45, 7) is 1.82. The molecule has 0 saturated carbocycles. The van der Waals surface area contributed by atoms with E-state index in [1.165, 1.54) is 24.3 Å². The molecule has 0 unspecified atom stereocenters. The number of hydrogen-bond donors (Lipinski definition) is 0. The van der Waals surface area contributed by atoms with Crippen LogP contribution >= 0.6 is 23.2 Å². The molecule has 0 spiro atoms. The quantitative estimate of drug-likeness (QED) is 0.552. The Labute approximate surface area is 126 Å². The highest BCUT2D eigenvalue weighted by Gasteiger charge is 2.06. The molecule has 2 aromatic rings. The first-order chi connectivity index (χ1) is 9.49. The van der Waals surface area contributed by atoms with Crippen LogP contribution in [0.1, 0.15) is 21.5 Å². The van der Waals surface area contributed by atoms with E-state index >= 15 is 0 Å². The van der Waals surface area contributed by atoms with Crippen LogP contribution in [0.25, 0.3) is 6.08 Å². The van der Waals surface area contributed by atoms with Gasteiger partial charge in [0, 0.05) is 16.1 Å². The van der Waals surface area contributed by atoms with Gasteiger partial charge in [0.2, 0.25) is 0 Å². The van der Waals surface area contributed by atoms with Crippen LogP contribution < -0.4 is 0 Å². The third kappa shape index (κ3) is 3.27. The predicted octanol–water partition coefficient (Wildman–Crippen LogP) is 5.34. The smallest absolute Gasteiger partial charge is 0.185 e. The maximum Gasteiger partial charge on any atom is 0.185 e. The Morgan fingerprint density at radius 1 is 1.15 bits per heavy atom. The second-order valence-electron chi connectivity index (χ2n) is 4.30. The Bertz CT molecular complexity index is 673. The Kier molecular flexibility index (Phi) is 4.58. The minimum atomic E-state index is -0.464. The third-order valence-corrected chi connectivity index (χ3v) is 3.60. The van der Waals surface area contributed by atoms with Gasteiger partial charge in [-0.2, -0.15) is 0 Å². The molecule has 0 atom stereocenters. The van der Waals surface area contributed by atoms with Crippen LogP contribution in [-0.2, 0) is 0 Å². The summed E-state index contributed by atoms with van der Waals surface area (Å²) in [7, 11) is 0. The van der Waals surface area contributed by atoms with Crippen LogP contribution in [-0.4, -0.2) is 5.78 Å². The lowest BCUT2D eigenvalue weighted by atomic mass is 10.1. The van der Waals surface area contributed by atoms with Crippen LogP contribution in [0.2, 0.25) is 10.0 Å². The van der Waals surface area contributed by atoms with Crippen molar-refractivity contribution >= 4 is 35.1 Å². The van der Waals surface area contributed by atoms with Crippen LogP contribution in [0.3, 0.4) is 0 Å². The van der Waals surface area contributed by atoms with Crippen molar-refractivity contribution in [1.29, 1.82) is 0 Å². The van der Waals surface area contributed by atoms with E-state index in [2.05, 4.69) is 0 Å². The molecule has 0 aromatic heterocycles. The lowest BCUT2D eigenvalue weighted by Gasteiger charge is -2.01. The van der Waals surface area contributed by atoms with Crippen molar-refractivity contribution in [2.75, 3.05) is 0 Å². The standard InChI is InChI=1S/C16H11Cl2FO/c1-10-9-11(5-7-13(10)17)16(20)8-6-12-14(18)3-2-4-15(12)19/h2-9H,1H3/b8-6+. The van der Waals surface area contributed by atoms with Crippen molar-refractivity contribution in [3.63, 3.8) is 0 Å². The number of carbonyl (C=O) groups is 1. The summed E-state index contributed by atoms with van der Waals surface area (Å²) in [6.07, 6.45) is 2.68. The van der Waals surface area contributed by atoms with Gasteiger partial charge in [-0.15, -0.1) is 0 Å². The summed E-state index contributed by atoms with van der Waals surface area (Å²) >= 11 is 11.8. The van der Waals surface area contributed by atoms with Crippen LogP contribution in [0, 0.1) is 12.7 Å². The number of rotatable bonds is 3. The lowest BCUT2D eigenvalue weighted by Crippen LogP contribution is -1.95. The van der Waals surface area contributed by atoms with Crippen molar-refractivity contribution in [3.05, 3.63) is 75.0 Å². The molecule has 2 rings (SSSR count). The number of allylic oxidation sites excluding steroid dienone is 1. The number of hydrogen-bond acceptors (Lipinski definition) is 1. The van der Waals surface area contributed by atoms with E-state index in [9.17, 15) is 9.18 Å².